The minimum Gasteiger partial charge on any atom is -0.481 e. The fourth-order valence-corrected chi connectivity index (χ4v) is 10.9. The number of aliphatic hydroxyl groups excluding tert-OH is 5. The molecule has 0 aromatic rings. The second-order valence-electron chi connectivity index (χ2n) is 15.0. The van der Waals surface area contributed by atoms with Crippen molar-refractivity contribution >= 4 is 5.97 Å². The fourth-order valence-electron chi connectivity index (χ4n) is 10.9. The molecule has 6 N–H and O–H groups in total. The van der Waals surface area contributed by atoms with Crippen molar-refractivity contribution in [1.29, 1.82) is 0 Å². The Labute approximate surface area is 221 Å². The number of carboxylic acid groups (broad SMARTS) is 1. The summed E-state index contributed by atoms with van der Waals surface area (Å²) in [5.41, 5.74) is -2.26. The maximum atomic E-state index is 12.8. The predicted molar refractivity (Wildman–Crippen MR) is 138 cm³/mol. The van der Waals surface area contributed by atoms with Gasteiger partial charge in [-0.2, -0.15) is 0 Å². The van der Waals surface area contributed by atoms with Crippen molar-refractivity contribution in [3.63, 3.8) is 0 Å². The maximum absolute atomic E-state index is 12.8. The molecule has 37 heavy (non-hydrogen) atoms. The first kappa shape index (κ1) is 27.6. The molecule has 0 radical (unpaired) electrons. The molecule has 0 aliphatic heterocycles. The van der Waals surface area contributed by atoms with Crippen molar-refractivity contribution in [2.45, 2.75) is 104 Å². The van der Waals surface area contributed by atoms with Crippen LogP contribution in [-0.4, -0.2) is 68.1 Å². The maximum Gasteiger partial charge on any atom is 0.312 e. The van der Waals surface area contributed by atoms with Crippen LogP contribution in [0.1, 0.15) is 86.0 Å². The Kier molecular flexibility index (Phi) is 6.16. The zero-order valence-corrected chi connectivity index (χ0v) is 23.2. The fraction of sp³-hybridized carbons (Fsp3) is 0.900. The summed E-state index contributed by atoms with van der Waals surface area (Å²) in [7, 11) is 0. The van der Waals surface area contributed by atoms with E-state index in [1.54, 1.807) is 0 Å². The third-order valence-corrected chi connectivity index (χ3v) is 13.2. The van der Waals surface area contributed by atoms with Crippen molar-refractivity contribution in [3.8, 4) is 0 Å². The number of aliphatic hydroxyl groups is 5. The van der Waals surface area contributed by atoms with Gasteiger partial charge >= 0.3 is 5.97 Å². The van der Waals surface area contributed by atoms with Gasteiger partial charge in [-0.15, -0.1) is 0 Å². The summed E-state index contributed by atoms with van der Waals surface area (Å²) >= 11 is 0. The van der Waals surface area contributed by atoms with Crippen LogP contribution in [0.5, 0.6) is 0 Å². The zero-order chi connectivity index (χ0) is 27.4. The predicted octanol–water partition coefficient (Wildman–Crippen LogP) is 3.12. The van der Waals surface area contributed by atoms with E-state index in [9.17, 15) is 35.4 Å². The van der Waals surface area contributed by atoms with E-state index >= 15 is 0 Å². The van der Waals surface area contributed by atoms with Gasteiger partial charge in [0, 0.05) is 5.41 Å². The first-order valence-electron chi connectivity index (χ1n) is 14.3. The number of hydrogen-bond acceptors (Lipinski definition) is 6. The standard InChI is InChI=1S/C30H48O7/c1-25(2)10-11-30(24(36)37)18(12-25)17-6-7-20-26(3)13-19(33)23(35)29(15-31,16-32)21(26)8-9-27(20,4)28(17,5)14-22(30)34/h6,18-23,31-35H,7-16H2,1-5H3,(H,36,37)/t18-,19+,20-,21+,22+,23+,26-,27-,28-,30-/m1/s1. The molecule has 4 saturated carbocycles. The Bertz CT molecular complexity index is 986. The Morgan fingerprint density at radius 1 is 0.919 bits per heavy atom. The number of aliphatic carboxylic acids is 1. The summed E-state index contributed by atoms with van der Waals surface area (Å²) in [5.74, 6) is -1.18. The van der Waals surface area contributed by atoms with Gasteiger partial charge in [0.2, 0.25) is 0 Å². The second-order valence-corrected chi connectivity index (χ2v) is 15.0. The normalized spacial score (nSPS) is 52.1. The second kappa shape index (κ2) is 8.26. The first-order valence-corrected chi connectivity index (χ1v) is 14.3. The van der Waals surface area contributed by atoms with Gasteiger partial charge in [-0.3, -0.25) is 4.79 Å². The van der Waals surface area contributed by atoms with Gasteiger partial charge < -0.3 is 30.6 Å². The van der Waals surface area contributed by atoms with E-state index in [1.807, 2.05) is 0 Å². The van der Waals surface area contributed by atoms with E-state index in [2.05, 4.69) is 40.7 Å². The smallest absolute Gasteiger partial charge is 0.312 e. The van der Waals surface area contributed by atoms with Crippen molar-refractivity contribution in [2.75, 3.05) is 13.2 Å². The summed E-state index contributed by atoms with van der Waals surface area (Å²) < 4.78 is 0. The summed E-state index contributed by atoms with van der Waals surface area (Å²) in [6.45, 7) is 10.3. The monoisotopic (exact) mass is 520 g/mol. The summed E-state index contributed by atoms with van der Waals surface area (Å²) in [5, 5.41) is 65.1. The van der Waals surface area contributed by atoms with E-state index in [0.29, 0.717) is 25.7 Å². The minimum atomic E-state index is -1.19. The van der Waals surface area contributed by atoms with Crippen LogP contribution in [0.15, 0.2) is 11.6 Å². The highest BCUT2D eigenvalue weighted by molar-refractivity contribution is 5.77. The van der Waals surface area contributed by atoms with Gasteiger partial charge in [0.05, 0.1) is 31.5 Å². The SMILES string of the molecule is CC1(C)CC[C@@]2(C(=O)O)[C@H](C1)C1=CC[C@@H]3[C@@]4(C)C[C@H](O)[C@H](O)C(CO)(CO)[C@H]4CC[C@@]3(C)[C@]1(C)C[C@@H]2O. The van der Waals surface area contributed by atoms with Gasteiger partial charge in [0.25, 0.3) is 0 Å². The van der Waals surface area contributed by atoms with E-state index in [0.717, 1.165) is 25.7 Å². The first-order chi connectivity index (χ1) is 17.1. The number of carbonyl (C=O) groups is 1. The summed E-state index contributed by atoms with van der Waals surface area (Å²) in [6.07, 6.45) is 4.08. The summed E-state index contributed by atoms with van der Waals surface area (Å²) in [4.78, 5) is 12.8. The van der Waals surface area contributed by atoms with Crippen LogP contribution in [0.4, 0.5) is 0 Å². The molecule has 5 rings (SSSR count). The third kappa shape index (κ3) is 3.21. The van der Waals surface area contributed by atoms with Gasteiger partial charge in [-0.1, -0.05) is 46.3 Å². The third-order valence-electron chi connectivity index (χ3n) is 13.2. The average molecular weight is 521 g/mol. The average Bonchev–Trinajstić information content (AvgIpc) is 2.80. The van der Waals surface area contributed by atoms with Crippen molar-refractivity contribution in [3.05, 3.63) is 11.6 Å². The number of rotatable bonds is 3. The van der Waals surface area contributed by atoms with Crippen LogP contribution >= 0.6 is 0 Å². The Balaban J connectivity index is 1.64. The van der Waals surface area contributed by atoms with E-state index in [1.165, 1.54) is 5.57 Å². The van der Waals surface area contributed by atoms with Crippen LogP contribution < -0.4 is 0 Å². The molecule has 210 valence electrons. The topological polar surface area (TPSA) is 138 Å². The molecule has 0 amide bonds. The molecule has 0 bridgehead atoms. The molecule has 7 heteroatoms. The van der Waals surface area contributed by atoms with Gasteiger partial charge in [-0.05, 0) is 90.8 Å². The van der Waals surface area contributed by atoms with Crippen LogP contribution in [0.25, 0.3) is 0 Å². The molecule has 4 fully saturated rings. The van der Waals surface area contributed by atoms with Crippen molar-refractivity contribution in [1.82, 2.24) is 0 Å². The Hall–Kier alpha value is -0.990. The molecule has 5 aliphatic carbocycles. The highest BCUT2D eigenvalue weighted by atomic mass is 16.4. The lowest BCUT2D eigenvalue weighted by atomic mass is 9.33. The molecule has 7 nitrogen and oxygen atoms in total. The lowest BCUT2D eigenvalue weighted by Gasteiger charge is -2.72. The van der Waals surface area contributed by atoms with Crippen LogP contribution in [0.3, 0.4) is 0 Å². The molecular formula is C30H48O7. The van der Waals surface area contributed by atoms with Gasteiger partial charge in [0.15, 0.2) is 0 Å². The number of fused-ring (bicyclic) bond motifs is 7. The molecule has 10 atom stereocenters. The van der Waals surface area contributed by atoms with Crippen molar-refractivity contribution < 1.29 is 35.4 Å². The zero-order valence-electron chi connectivity index (χ0n) is 23.2. The number of allylic oxidation sites excluding steroid dienone is 2. The van der Waals surface area contributed by atoms with Crippen LogP contribution in [-0.2, 0) is 4.79 Å². The molecule has 5 aliphatic rings. The molecule has 0 unspecified atom stereocenters. The quantitative estimate of drug-likeness (QED) is 0.314. The highest BCUT2D eigenvalue weighted by Gasteiger charge is 2.72. The Morgan fingerprint density at radius 3 is 2.16 bits per heavy atom. The molecular weight excluding hydrogens is 472 g/mol. The van der Waals surface area contributed by atoms with Gasteiger partial charge in [0.1, 0.15) is 5.41 Å². The summed E-state index contributed by atoms with van der Waals surface area (Å²) in [6, 6.07) is 0. The lowest BCUT2D eigenvalue weighted by Crippen LogP contribution is -2.70. The molecule has 0 heterocycles. The van der Waals surface area contributed by atoms with Crippen LogP contribution in [0.2, 0.25) is 0 Å². The van der Waals surface area contributed by atoms with E-state index in [-0.39, 0.29) is 41.8 Å². The van der Waals surface area contributed by atoms with Gasteiger partial charge in [-0.25, -0.2) is 0 Å². The van der Waals surface area contributed by atoms with Crippen LogP contribution in [0, 0.1) is 50.2 Å². The largest absolute Gasteiger partial charge is 0.481 e. The number of carboxylic acids is 1. The van der Waals surface area contributed by atoms with E-state index < -0.39 is 45.9 Å². The molecule has 0 aromatic carbocycles. The lowest BCUT2D eigenvalue weighted by molar-refractivity contribution is -0.260. The highest BCUT2D eigenvalue weighted by Crippen LogP contribution is 2.75. The minimum absolute atomic E-state index is 0.00467. The molecule has 0 saturated heterocycles. The van der Waals surface area contributed by atoms with Crippen molar-refractivity contribution in [2.24, 2.45) is 50.2 Å². The number of hydrogen-bond donors (Lipinski definition) is 6. The molecule has 0 aromatic heterocycles. The molecule has 0 spiro atoms. The Morgan fingerprint density at radius 2 is 1.57 bits per heavy atom. The van der Waals surface area contributed by atoms with E-state index in [4.69, 9.17) is 0 Å².